The number of aryl methyl sites for hydroxylation is 2. The van der Waals surface area contributed by atoms with Gasteiger partial charge in [0, 0.05) is 30.5 Å². The van der Waals surface area contributed by atoms with Gasteiger partial charge in [0.25, 0.3) is 0 Å². The third-order valence-electron chi connectivity index (χ3n) is 6.48. The zero-order chi connectivity index (χ0) is 21.0. The van der Waals surface area contributed by atoms with Gasteiger partial charge in [-0.1, -0.05) is 39.3 Å². The van der Waals surface area contributed by atoms with Crippen molar-refractivity contribution in [3.8, 4) is 0 Å². The number of hydrogen-bond donors (Lipinski definition) is 2. The van der Waals surface area contributed by atoms with E-state index >= 15 is 0 Å². The molecule has 0 aliphatic carbocycles. The molecule has 1 aromatic carbocycles. The fourth-order valence-corrected chi connectivity index (χ4v) is 4.28. The summed E-state index contributed by atoms with van der Waals surface area (Å²) in [6.45, 7) is 7.93. The van der Waals surface area contributed by atoms with Crippen LogP contribution >= 0.6 is 0 Å². The van der Waals surface area contributed by atoms with Crippen molar-refractivity contribution in [3.63, 3.8) is 0 Å². The molecule has 0 bridgehead atoms. The van der Waals surface area contributed by atoms with Crippen LogP contribution in [0.15, 0.2) is 36.8 Å². The fourth-order valence-electron chi connectivity index (χ4n) is 4.28. The largest absolute Gasteiger partial charge is 0.361 e. The van der Waals surface area contributed by atoms with Crippen molar-refractivity contribution in [1.29, 1.82) is 0 Å². The first-order chi connectivity index (χ1) is 14.5. The molecule has 1 atom stereocenters. The summed E-state index contributed by atoms with van der Waals surface area (Å²) in [6, 6.07) is 9.31. The molecule has 30 heavy (non-hydrogen) atoms. The van der Waals surface area contributed by atoms with Crippen molar-refractivity contribution >= 4 is 5.69 Å². The Bertz CT molecular complexity index is 910. The highest BCUT2D eigenvalue weighted by atomic mass is 15.3. The van der Waals surface area contributed by atoms with Crippen LogP contribution in [0.4, 0.5) is 5.69 Å². The lowest BCUT2D eigenvalue weighted by Crippen LogP contribution is -2.34. The van der Waals surface area contributed by atoms with E-state index in [0.29, 0.717) is 11.5 Å². The Morgan fingerprint density at radius 1 is 1.10 bits per heavy atom. The molecular weight excluding hydrogens is 372 g/mol. The number of aromatic amines is 2. The fraction of sp³-hybridized carbons (Fsp3) is 0.542. The normalized spacial score (nSPS) is 17.4. The van der Waals surface area contributed by atoms with Crippen LogP contribution in [0.2, 0.25) is 0 Å². The minimum atomic E-state index is 0.293. The van der Waals surface area contributed by atoms with Gasteiger partial charge in [0.2, 0.25) is 0 Å². The van der Waals surface area contributed by atoms with Crippen LogP contribution in [-0.4, -0.2) is 31.7 Å². The van der Waals surface area contributed by atoms with Crippen LogP contribution in [0.5, 0.6) is 0 Å². The predicted octanol–water partition coefficient (Wildman–Crippen LogP) is 5.02. The molecule has 1 fully saturated rings. The van der Waals surface area contributed by atoms with Crippen molar-refractivity contribution in [2.24, 2.45) is 5.41 Å². The van der Waals surface area contributed by atoms with E-state index in [-0.39, 0.29) is 0 Å². The van der Waals surface area contributed by atoms with Gasteiger partial charge in [0.1, 0.15) is 18.0 Å². The molecule has 160 valence electrons. The SMILES string of the molecule is CCC(C)(C)Cc1cnc(CCc2ccc(N3CCCC[C@@H]3c3ncn[nH]3)cc2)[nH]1. The van der Waals surface area contributed by atoms with Crippen molar-refractivity contribution in [3.05, 3.63) is 59.7 Å². The molecule has 0 unspecified atom stereocenters. The number of imidazole rings is 1. The van der Waals surface area contributed by atoms with E-state index in [0.717, 1.165) is 43.9 Å². The Labute approximate surface area is 179 Å². The topological polar surface area (TPSA) is 73.5 Å². The summed E-state index contributed by atoms with van der Waals surface area (Å²) in [4.78, 5) is 15.0. The number of benzene rings is 1. The Hall–Kier alpha value is -2.63. The summed E-state index contributed by atoms with van der Waals surface area (Å²) < 4.78 is 0. The van der Waals surface area contributed by atoms with Gasteiger partial charge in [-0.15, -0.1) is 0 Å². The molecule has 4 rings (SSSR count). The van der Waals surface area contributed by atoms with E-state index in [1.807, 2.05) is 6.20 Å². The van der Waals surface area contributed by atoms with E-state index < -0.39 is 0 Å². The molecule has 1 aliphatic heterocycles. The first kappa shape index (κ1) is 20.6. The van der Waals surface area contributed by atoms with Gasteiger partial charge in [0.15, 0.2) is 0 Å². The lowest BCUT2D eigenvalue weighted by molar-refractivity contribution is 0.346. The summed E-state index contributed by atoms with van der Waals surface area (Å²) in [7, 11) is 0. The summed E-state index contributed by atoms with van der Waals surface area (Å²) in [5.41, 5.74) is 4.17. The first-order valence-corrected chi connectivity index (χ1v) is 11.3. The van der Waals surface area contributed by atoms with Crippen LogP contribution < -0.4 is 4.90 Å². The number of rotatable bonds is 8. The second kappa shape index (κ2) is 9.02. The van der Waals surface area contributed by atoms with Crippen LogP contribution in [0.3, 0.4) is 0 Å². The highest BCUT2D eigenvalue weighted by Gasteiger charge is 2.26. The highest BCUT2D eigenvalue weighted by Crippen LogP contribution is 2.33. The van der Waals surface area contributed by atoms with Crippen molar-refractivity contribution in [2.75, 3.05) is 11.4 Å². The van der Waals surface area contributed by atoms with Crippen molar-refractivity contribution in [1.82, 2.24) is 25.1 Å². The average Bonchev–Trinajstić information content (AvgIpc) is 3.45. The maximum atomic E-state index is 4.60. The minimum Gasteiger partial charge on any atom is -0.361 e. The van der Waals surface area contributed by atoms with E-state index in [1.165, 1.54) is 36.2 Å². The Balaban J connectivity index is 1.36. The summed E-state index contributed by atoms with van der Waals surface area (Å²) in [5.74, 6) is 2.06. The van der Waals surface area contributed by atoms with E-state index in [4.69, 9.17) is 0 Å². The Morgan fingerprint density at radius 2 is 1.93 bits per heavy atom. The molecule has 0 saturated carbocycles. The number of piperidine rings is 1. The molecule has 0 spiro atoms. The molecule has 3 aromatic rings. The standard InChI is InChI=1S/C24H34N6/c1-4-24(2,3)15-19-16-25-22(28-19)13-10-18-8-11-20(12-9-18)30-14-6-5-7-21(30)23-26-17-27-29-23/h8-9,11-12,16-17,21H,4-7,10,13-15H2,1-3H3,(H,25,28)(H,26,27,29)/t21-/m1/s1. The van der Waals surface area contributed by atoms with Gasteiger partial charge < -0.3 is 9.88 Å². The number of H-pyrrole nitrogens is 2. The maximum absolute atomic E-state index is 4.60. The zero-order valence-electron chi connectivity index (χ0n) is 18.5. The zero-order valence-corrected chi connectivity index (χ0v) is 18.5. The van der Waals surface area contributed by atoms with Gasteiger partial charge in [-0.05, 0) is 55.2 Å². The van der Waals surface area contributed by atoms with Crippen LogP contribution in [-0.2, 0) is 19.3 Å². The highest BCUT2D eigenvalue weighted by molar-refractivity contribution is 5.49. The molecule has 2 N–H and O–H groups in total. The second-order valence-corrected chi connectivity index (χ2v) is 9.29. The van der Waals surface area contributed by atoms with Crippen molar-refractivity contribution in [2.45, 2.75) is 71.8 Å². The van der Waals surface area contributed by atoms with Crippen LogP contribution in [0.1, 0.15) is 75.4 Å². The number of nitrogens with zero attached hydrogens (tertiary/aromatic N) is 4. The molecular formula is C24H34N6. The van der Waals surface area contributed by atoms with Crippen molar-refractivity contribution < 1.29 is 0 Å². The lowest BCUT2D eigenvalue weighted by atomic mass is 9.85. The summed E-state index contributed by atoms with van der Waals surface area (Å²) in [5, 5.41) is 7.11. The molecule has 0 radical (unpaired) electrons. The van der Waals surface area contributed by atoms with Crippen LogP contribution in [0.25, 0.3) is 0 Å². The summed E-state index contributed by atoms with van der Waals surface area (Å²) >= 11 is 0. The Morgan fingerprint density at radius 3 is 2.67 bits per heavy atom. The van der Waals surface area contributed by atoms with E-state index in [1.54, 1.807) is 6.33 Å². The number of aromatic nitrogens is 5. The van der Waals surface area contributed by atoms with Crippen LogP contribution in [0, 0.1) is 5.41 Å². The number of nitrogens with one attached hydrogen (secondary N) is 2. The van der Waals surface area contributed by atoms with E-state index in [2.05, 4.69) is 75.1 Å². The smallest absolute Gasteiger partial charge is 0.146 e. The van der Waals surface area contributed by atoms with Gasteiger partial charge in [-0.2, -0.15) is 5.10 Å². The Kier molecular flexibility index (Phi) is 6.21. The predicted molar refractivity (Wildman–Crippen MR) is 121 cm³/mol. The molecule has 6 heteroatoms. The van der Waals surface area contributed by atoms with Gasteiger partial charge in [-0.25, -0.2) is 9.97 Å². The molecule has 1 aliphatic rings. The molecule has 1 saturated heterocycles. The third kappa shape index (κ3) is 4.91. The van der Waals surface area contributed by atoms with Gasteiger partial charge >= 0.3 is 0 Å². The van der Waals surface area contributed by atoms with Gasteiger partial charge in [0.05, 0.1) is 6.04 Å². The minimum absolute atomic E-state index is 0.293. The summed E-state index contributed by atoms with van der Waals surface area (Å²) in [6.07, 6.45) is 11.3. The molecule has 6 nitrogen and oxygen atoms in total. The molecule has 2 aromatic heterocycles. The second-order valence-electron chi connectivity index (χ2n) is 9.29. The first-order valence-electron chi connectivity index (χ1n) is 11.3. The maximum Gasteiger partial charge on any atom is 0.146 e. The van der Waals surface area contributed by atoms with E-state index in [9.17, 15) is 0 Å². The average molecular weight is 407 g/mol. The third-order valence-corrected chi connectivity index (χ3v) is 6.48. The monoisotopic (exact) mass is 406 g/mol. The van der Waals surface area contributed by atoms with Gasteiger partial charge in [-0.3, -0.25) is 5.10 Å². The quantitative estimate of drug-likeness (QED) is 0.551. The molecule has 0 amide bonds. The lowest BCUT2D eigenvalue weighted by Gasteiger charge is -2.36. The number of hydrogen-bond acceptors (Lipinski definition) is 4. The molecule has 3 heterocycles. The number of anilines is 1.